The predicted octanol–water partition coefficient (Wildman–Crippen LogP) is 3.29. The van der Waals surface area contributed by atoms with E-state index >= 15 is 0 Å². The normalized spacial score (nSPS) is 12.1. The molecule has 0 saturated heterocycles. The van der Waals surface area contributed by atoms with Crippen molar-refractivity contribution in [2.24, 2.45) is 0 Å². The summed E-state index contributed by atoms with van der Waals surface area (Å²) in [5.74, 6) is -0.202. The van der Waals surface area contributed by atoms with Crippen LogP contribution in [-0.4, -0.2) is 29.3 Å². The van der Waals surface area contributed by atoms with E-state index in [0.29, 0.717) is 5.69 Å². The molecule has 1 unspecified atom stereocenters. The second-order valence-corrected chi connectivity index (χ2v) is 5.94. The van der Waals surface area contributed by atoms with Crippen LogP contribution in [0.2, 0.25) is 0 Å². The summed E-state index contributed by atoms with van der Waals surface area (Å²) in [6.07, 6.45) is 0. The molecule has 0 fully saturated rings. The number of benzene rings is 1. The fraction of sp³-hybridized carbons (Fsp3) is 0.267. The molecule has 2 rings (SSSR count). The highest BCUT2D eigenvalue weighted by molar-refractivity contribution is 7.10. The van der Waals surface area contributed by atoms with E-state index in [1.165, 1.54) is 17.0 Å². The fourth-order valence-electron chi connectivity index (χ4n) is 2.01. The van der Waals surface area contributed by atoms with Gasteiger partial charge in [-0.2, -0.15) is 0 Å². The molecule has 0 saturated carbocycles. The molecule has 7 heteroatoms. The molecule has 1 heterocycles. The van der Waals surface area contributed by atoms with Crippen molar-refractivity contribution in [3.63, 3.8) is 0 Å². The van der Waals surface area contributed by atoms with Gasteiger partial charge in [-0.25, -0.2) is 0 Å². The number of carbonyl (C=O) groups is 1. The van der Waals surface area contributed by atoms with Crippen LogP contribution in [-0.2, 0) is 4.79 Å². The van der Waals surface area contributed by atoms with Gasteiger partial charge in [0.05, 0.1) is 11.5 Å². The lowest BCUT2D eigenvalue weighted by Gasteiger charge is -2.23. The first kappa shape index (κ1) is 16.1. The molecule has 1 amide bonds. The quantitative estimate of drug-likeness (QED) is 0.655. The Kier molecular flexibility index (Phi) is 5.24. The summed E-state index contributed by atoms with van der Waals surface area (Å²) < 4.78 is 0. The van der Waals surface area contributed by atoms with Crippen molar-refractivity contribution >= 4 is 28.6 Å². The van der Waals surface area contributed by atoms with Gasteiger partial charge in [-0.3, -0.25) is 19.8 Å². The van der Waals surface area contributed by atoms with Crippen molar-refractivity contribution in [3.8, 4) is 0 Å². The number of thiophene rings is 1. The third-order valence-electron chi connectivity index (χ3n) is 3.35. The number of nitrogens with zero attached hydrogens (tertiary/aromatic N) is 2. The van der Waals surface area contributed by atoms with Crippen molar-refractivity contribution in [3.05, 3.63) is 56.8 Å². The van der Waals surface area contributed by atoms with Gasteiger partial charge in [0.1, 0.15) is 0 Å². The van der Waals surface area contributed by atoms with Crippen LogP contribution in [0.4, 0.5) is 11.4 Å². The van der Waals surface area contributed by atoms with Gasteiger partial charge in [-0.1, -0.05) is 12.1 Å². The van der Waals surface area contributed by atoms with Crippen LogP contribution >= 0.6 is 11.3 Å². The molecule has 1 aromatic heterocycles. The molecule has 0 aliphatic heterocycles. The van der Waals surface area contributed by atoms with Crippen molar-refractivity contribution in [1.82, 2.24) is 4.90 Å². The second kappa shape index (κ2) is 7.15. The van der Waals surface area contributed by atoms with E-state index in [4.69, 9.17) is 0 Å². The third-order valence-corrected chi connectivity index (χ3v) is 4.39. The van der Waals surface area contributed by atoms with Gasteiger partial charge in [-0.15, -0.1) is 11.3 Å². The highest BCUT2D eigenvalue weighted by Crippen LogP contribution is 2.23. The lowest BCUT2D eigenvalue weighted by Crippen LogP contribution is -2.31. The molecular formula is C15H17N3O3S. The topological polar surface area (TPSA) is 75.5 Å². The summed E-state index contributed by atoms with van der Waals surface area (Å²) in [5.41, 5.74) is 0.384. The number of likely N-dealkylation sites (N-methyl/N-ethyl adjacent to an activating group) is 1. The lowest BCUT2D eigenvalue weighted by atomic mass is 10.2. The Morgan fingerprint density at radius 3 is 2.82 bits per heavy atom. The monoisotopic (exact) mass is 319 g/mol. The van der Waals surface area contributed by atoms with Crippen molar-refractivity contribution in [2.45, 2.75) is 13.0 Å². The van der Waals surface area contributed by atoms with Gasteiger partial charge < -0.3 is 5.32 Å². The molecule has 0 aliphatic rings. The van der Waals surface area contributed by atoms with Crippen molar-refractivity contribution in [2.75, 3.05) is 18.9 Å². The number of rotatable bonds is 6. The Morgan fingerprint density at radius 2 is 2.18 bits per heavy atom. The highest BCUT2D eigenvalue weighted by Gasteiger charge is 2.16. The smallest absolute Gasteiger partial charge is 0.271 e. The molecule has 1 atom stereocenters. The van der Waals surface area contributed by atoms with Crippen LogP contribution in [0.3, 0.4) is 0 Å². The number of nitro groups is 1. The number of hydrogen-bond acceptors (Lipinski definition) is 5. The van der Waals surface area contributed by atoms with Gasteiger partial charge in [-0.05, 0) is 31.5 Å². The number of nitrogens with one attached hydrogen (secondary N) is 1. The van der Waals surface area contributed by atoms with Gasteiger partial charge in [0.2, 0.25) is 5.91 Å². The Labute approximate surface area is 132 Å². The number of amides is 1. The standard InChI is InChI=1S/C15H17N3O3S/c1-11(14-7-4-8-22-14)17(2)10-15(19)16-12-5-3-6-13(9-12)18(20)21/h3-9,11H,10H2,1-2H3,(H,16,19). The fourth-order valence-corrected chi connectivity index (χ4v) is 2.86. The summed E-state index contributed by atoms with van der Waals surface area (Å²) in [5, 5.41) is 15.4. The minimum absolute atomic E-state index is 0.0434. The van der Waals surface area contributed by atoms with Crippen LogP contribution < -0.4 is 5.32 Å². The zero-order valence-corrected chi connectivity index (χ0v) is 13.2. The van der Waals surface area contributed by atoms with E-state index in [-0.39, 0.29) is 24.2 Å². The summed E-state index contributed by atoms with van der Waals surface area (Å²) >= 11 is 1.65. The molecule has 6 nitrogen and oxygen atoms in total. The first-order valence-electron chi connectivity index (χ1n) is 6.75. The molecule has 0 bridgehead atoms. The van der Waals surface area contributed by atoms with Crippen molar-refractivity contribution < 1.29 is 9.72 Å². The van der Waals surface area contributed by atoms with E-state index in [0.717, 1.165) is 0 Å². The van der Waals surface area contributed by atoms with Crippen LogP contribution in [0, 0.1) is 10.1 Å². The van der Waals surface area contributed by atoms with E-state index in [1.54, 1.807) is 23.5 Å². The number of hydrogen-bond donors (Lipinski definition) is 1. The highest BCUT2D eigenvalue weighted by atomic mass is 32.1. The number of non-ortho nitro benzene ring substituents is 1. The average molecular weight is 319 g/mol. The molecule has 0 spiro atoms. The minimum atomic E-state index is -0.485. The average Bonchev–Trinajstić information content (AvgIpc) is 3.00. The molecule has 2 aromatic rings. The third kappa shape index (κ3) is 4.12. The van der Waals surface area contributed by atoms with Crippen molar-refractivity contribution in [1.29, 1.82) is 0 Å². The Morgan fingerprint density at radius 1 is 1.41 bits per heavy atom. The minimum Gasteiger partial charge on any atom is -0.325 e. The zero-order valence-electron chi connectivity index (χ0n) is 12.4. The van der Waals surface area contributed by atoms with E-state index in [2.05, 4.69) is 5.32 Å². The number of nitro benzene ring substituents is 1. The Bertz CT molecular complexity index is 658. The number of carbonyl (C=O) groups excluding carboxylic acids is 1. The van der Waals surface area contributed by atoms with Crippen LogP contribution in [0.1, 0.15) is 17.8 Å². The summed E-state index contributed by atoms with van der Waals surface area (Å²) in [6, 6.07) is 10.1. The Hall–Kier alpha value is -2.25. The maximum absolute atomic E-state index is 12.1. The number of anilines is 1. The molecule has 0 radical (unpaired) electrons. The molecule has 22 heavy (non-hydrogen) atoms. The van der Waals surface area contributed by atoms with Gasteiger partial charge in [0.25, 0.3) is 5.69 Å². The summed E-state index contributed by atoms with van der Waals surface area (Å²) in [6.45, 7) is 2.24. The Balaban J connectivity index is 1.95. The van der Waals surface area contributed by atoms with Crippen LogP contribution in [0.25, 0.3) is 0 Å². The van der Waals surface area contributed by atoms with Crippen LogP contribution in [0.5, 0.6) is 0 Å². The SMILES string of the molecule is CC(c1cccs1)N(C)CC(=O)Nc1cccc([N+](=O)[O-])c1. The van der Waals surface area contributed by atoms with Gasteiger partial charge in [0.15, 0.2) is 0 Å². The molecule has 116 valence electrons. The van der Waals surface area contributed by atoms with Gasteiger partial charge >= 0.3 is 0 Å². The molecule has 1 aromatic carbocycles. The predicted molar refractivity (Wildman–Crippen MR) is 87.1 cm³/mol. The first-order valence-corrected chi connectivity index (χ1v) is 7.63. The first-order chi connectivity index (χ1) is 10.5. The zero-order chi connectivity index (χ0) is 16.1. The largest absolute Gasteiger partial charge is 0.325 e. The summed E-state index contributed by atoms with van der Waals surface area (Å²) in [4.78, 5) is 25.4. The van der Waals surface area contributed by atoms with Crippen LogP contribution in [0.15, 0.2) is 41.8 Å². The van der Waals surface area contributed by atoms with Gasteiger partial charge in [0, 0.05) is 28.7 Å². The van der Waals surface area contributed by atoms with E-state index in [1.807, 2.05) is 36.4 Å². The molecular weight excluding hydrogens is 302 g/mol. The van der Waals surface area contributed by atoms with E-state index < -0.39 is 4.92 Å². The maximum atomic E-state index is 12.1. The molecule has 0 aliphatic carbocycles. The second-order valence-electron chi connectivity index (χ2n) is 4.96. The summed E-state index contributed by atoms with van der Waals surface area (Å²) in [7, 11) is 1.87. The maximum Gasteiger partial charge on any atom is 0.271 e. The lowest BCUT2D eigenvalue weighted by molar-refractivity contribution is -0.384. The van der Waals surface area contributed by atoms with E-state index in [9.17, 15) is 14.9 Å². The molecule has 1 N–H and O–H groups in total.